The molecular weight excluding hydrogens is 212 g/mol. The topological polar surface area (TPSA) is 25.8 Å². The number of hydrogen-bond acceptors (Lipinski definition) is 4. The van der Waals surface area contributed by atoms with E-state index >= 15 is 0 Å². The Morgan fingerprint density at radius 3 is 3.00 bits per heavy atom. The van der Waals surface area contributed by atoms with Crippen molar-refractivity contribution >= 4 is 34.9 Å². The molecule has 0 aliphatic carbocycles. The van der Waals surface area contributed by atoms with Crippen molar-refractivity contribution in [1.29, 1.82) is 0 Å². The summed E-state index contributed by atoms with van der Waals surface area (Å²) in [5.74, 6) is 2.08. The van der Waals surface area contributed by atoms with Gasteiger partial charge in [-0.15, -0.1) is 5.10 Å². The van der Waals surface area contributed by atoms with Gasteiger partial charge in [-0.2, -0.15) is 11.8 Å². The van der Waals surface area contributed by atoms with Crippen molar-refractivity contribution in [2.45, 2.75) is 25.5 Å². The van der Waals surface area contributed by atoms with Crippen molar-refractivity contribution in [3.8, 4) is 0 Å². The lowest BCUT2D eigenvalue weighted by atomic mass is 10.4. The molecule has 0 saturated carbocycles. The van der Waals surface area contributed by atoms with Gasteiger partial charge in [0.15, 0.2) is 0 Å². The quantitative estimate of drug-likeness (QED) is 0.716. The van der Waals surface area contributed by atoms with E-state index in [0.29, 0.717) is 0 Å². The lowest BCUT2D eigenvalue weighted by Crippen LogP contribution is -1.84. The molecule has 1 rings (SSSR count). The maximum absolute atomic E-state index is 5.83. The van der Waals surface area contributed by atoms with Crippen LogP contribution < -0.4 is 0 Å². The highest BCUT2D eigenvalue weighted by atomic mass is 35.5. The summed E-state index contributed by atoms with van der Waals surface area (Å²) in [5.41, 5.74) is 0.933. The zero-order valence-electron chi connectivity index (χ0n) is 6.92. The van der Waals surface area contributed by atoms with Gasteiger partial charge in [0.2, 0.25) is 0 Å². The molecule has 5 heteroatoms. The van der Waals surface area contributed by atoms with Gasteiger partial charge >= 0.3 is 0 Å². The number of nitrogens with zero attached hydrogens (tertiary/aromatic N) is 2. The third-order valence-corrected chi connectivity index (χ3v) is 3.43. The molecule has 0 bridgehead atoms. The third-order valence-electron chi connectivity index (χ3n) is 1.39. The van der Waals surface area contributed by atoms with E-state index in [0.717, 1.165) is 15.8 Å². The van der Waals surface area contributed by atoms with Gasteiger partial charge in [-0.05, 0) is 12.2 Å². The fourth-order valence-corrected chi connectivity index (χ4v) is 2.53. The summed E-state index contributed by atoms with van der Waals surface area (Å²) in [6.07, 6.45) is 2.51. The SMILES string of the molecule is CCCCSCc1nnsc1Cl. The first-order valence-electron chi connectivity index (χ1n) is 3.89. The van der Waals surface area contributed by atoms with Crippen molar-refractivity contribution in [3.05, 3.63) is 10.0 Å². The zero-order chi connectivity index (χ0) is 8.81. The number of unbranched alkanes of at least 4 members (excludes halogenated alkanes) is 1. The number of halogens is 1. The lowest BCUT2D eigenvalue weighted by molar-refractivity contribution is 0.895. The highest BCUT2D eigenvalue weighted by Crippen LogP contribution is 2.22. The van der Waals surface area contributed by atoms with Crippen LogP contribution >= 0.6 is 34.9 Å². The Morgan fingerprint density at radius 2 is 2.42 bits per heavy atom. The Morgan fingerprint density at radius 1 is 1.58 bits per heavy atom. The monoisotopic (exact) mass is 222 g/mol. The summed E-state index contributed by atoms with van der Waals surface area (Å²) >= 11 is 8.96. The Balaban J connectivity index is 2.20. The van der Waals surface area contributed by atoms with Crippen LogP contribution in [0.2, 0.25) is 4.34 Å². The minimum Gasteiger partial charge on any atom is -0.155 e. The Hall–Kier alpha value is 0.200. The van der Waals surface area contributed by atoms with Gasteiger partial charge in [0.25, 0.3) is 0 Å². The summed E-state index contributed by atoms with van der Waals surface area (Å²) in [6.45, 7) is 2.19. The van der Waals surface area contributed by atoms with Gasteiger partial charge < -0.3 is 0 Å². The molecule has 0 spiro atoms. The minimum atomic E-state index is 0.735. The van der Waals surface area contributed by atoms with E-state index in [1.807, 2.05) is 11.8 Å². The standard InChI is InChI=1S/C7H11ClN2S2/c1-2-3-4-11-5-6-7(8)12-10-9-6/h2-5H2,1H3. The van der Waals surface area contributed by atoms with Crippen molar-refractivity contribution < 1.29 is 0 Å². The maximum atomic E-state index is 5.83. The van der Waals surface area contributed by atoms with Crippen LogP contribution in [0.1, 0.15) is 25.5 Å². The summed E-state index contributed by atoms with van der Waals surface area (Å²) in [6, 6.07) is 0. The molecule has 0 unspecified atom stereocenters. The molecule has 0 atom stereocenters. The van der Waals surface area contributed by atoms with Gasteiger partial charge in [-0.25, -0.2) is 0 Å². The second kappa shape index (κ2) is 5.78. The molecule has 2 nitrogen and oxygen atoms in total. The van der Waals surface area contributed by atoms with E-state index < -0.39 is 0 Å². The Labute approximate surface area is 85.9 Å². The zero-order valence-corrected chi connectivity index (χ0v) is 9.31. The number of thioether (sulfide) groups is 1. The number of rotatable bonds is 5. The van der Waals surface area contributed by atoms with Crippen LogP contribution in [-0.2, 0) is 5.75 Å². The average molecular weight is 223 g/mol. The second-order valence-electron chi connectivity index (χ2n) is 2.40. The van der Waals surface area contributed by atoms with Crippen molar-refractivity contribution in [3.63, 3.8) is 0 Å². The van der Waals surface area contributed by atoms with Crippen LogP contribution in [-0.4, -0.2) is 15.3 Å². The van der Waals surface area contributed by atoms with Gasteiger partial charge in [0.05, 0.1) is 0 Å². The Kier molecular flexibility index (Phi) is 4.95. The minimum absolute atomic E-state index is 0.735. The first-order valence-corrected chi connectivity index (χ1v) is 6.19. The summed E-state index contributed by atoms with van der Waals surface area (Å²) in [4.78, 5) is 0. The molecule has 0 saturated heterocycles. The van der Waals surface area contributed by atoms with E-state index in [2.05, 4.69) is 16.5 Å². The van der Waals surface area contributed by atoms with Crippen LogP contribution in [0.15, 0.2) is 0 Å². The van der Waals surface area contributed by atoms with Crippen LogP contribution in [0.5, 0.6) is 0 Å². The highest BCUT2D eigenvalue weighted by Gasteiger charge is 2.03. The average Bonchev–Trinajstić information content (AvgIpc) is 2.46. The molecule has 1 heterocycles. The highest BCUT2D eigenvalue weighted by molar-refractivity contribution is 7.98. The number of hydrogen-bond donors (Lipinski definition) is 0. The summed E-state index contributed by atoms with van der Waals surface area (Å²) in [5, 5.41) is 3.93. The summed E-state index contributed by atoms with van der Waals surface area (Å²) < 4.78 is 4.50. The van der Waals surface area contributed by atoms with E-state index in [1.54, 1.807) is 0 Å². The first kappa shape index (κ1) is 10.3. The van der Waals surface area contributed by atoms with Gasteiger partial charge in [0, 0.05) is 17.3 Å². The summed E-state index contributed by atoms with van der Waals surface area (Å²) in [7, 11) is 0. The normalized spacial score (nSPS) is 10.5. The van der Waals surface area contributed by atoms with E-state index in [9.17, 15) is 0 Å². The second-order valence-corrected chi connectivity index (χ2v) is 4.86. The fraction of sp³-hybridized carbons (Fsp3) is 0.714. The molecule has 0 amide bonds. The van der Waals surface area contributed by atoms with Gasteiger partial charge in [-0.1, -0.05) is 29.4 Å². The molecule has 0 radical (unpaired) electrons. The van der Waals surface area contributed by atoms with Crippen LogP contribution in [0.25, 0.3) is 0 Å². The molecule has 0 fully saturated rings. The fourth-order valence-electron chi connectivity index (χ4n) is 0.698. The predicted molar refractivity (Wildman–Crippen MR) is 56.0 cm³/mol. The lowest BCUT2D eigenvalue weighted by Gasteiger charge is -1.96. The van der Waals surface area contributed by atoms with Gasteiger partial charge in [-0.3, -0.25) is 0 Å². The molecule has 0 N–H and O–H groups in total. The third kappa shape index (κ3) is 3.29. The molecule has 0 aliphatic heterocycles. The maximum Gasteiger partial charge on any atom is 0.138 e. The molecule has 68 valence electrons. The molecule has 0 aromatic carbocycles. The van der Waals surface area contributed by atoms with Crippen LogP contribution in [0.3, 0.4) is 0 Å². The number of aromatic nitrogens is 2. The first-order chi connectivity index (χ1) is 5.84. The molecule has 0 aliphatic rings. The van der Waals surface area contributed by atoms with Crippen molar-refractivity contribution in [2.75, 3.05) is 5.75 Å². The molecule has 12 heavy (non-hydrogen) atoms. The van der Waals surface area contributed by atoms with Crippen molar-refractivity contribution in [1.82, 2.24) is 9.59 Å². The van der Waals surface area contributed by atoms with Crippen LogP contribution in [0.4, 0.5) is 0 Å². The predicted octanol–water partition coefficient (Wildman–Crippen LogP) is 3.22. The molecule has 1 aromatic heterocycles. The van der Waals surface area contributed by atoms with Gasteiger partial charge in [0.1, 0.15) is 10.0 Å². The van der Waals surface area contributed by atoms with Crippen molar-refractivity contribution in [2.24, 2.45) is 0 Å². The smallest absolute Gasteiger partial charge is 0.138 e. The van der Waals surface area contributed by atoms with E-state index in [4.69, 9.17) is 11.6 Å². The van der Waals surface area contributed by atoms with E-state index in [-0.39, 0.29) is 0 Å². The largest absolute Gasteiger partial charge is 0.155 e. The molecule has 1 aromatic rings. The Bertz CT molecular complexity index is 227. The van der Waals surface area contributed by atoms with Crippen LogP contribution in [0, 0.1) is 0 Å². The molecular formula is C7H11ClN2S2. The van der Waals surface area contributed by atoms with E-state index in [1.165, 1.54) is 30.1 Å².